The molecule has 1 aromatic rings. The van der Waals surface area contributed by atoms with Crippen LogP contribution in [0.2, 0.25) is 0 Å². The van der Waals surface area contributed by atoms with Gasteiger partial charge in [0.05, 0.1) is 23.7 Å². The molecule has 0 unspecified atom stereocenters. The Morgan fingerprint density at radius 2 is 2.24 bits per heavy atom. The van der Waals surface area contributed by atoms with Gasteiger partial charge in [-0.3, -0.25) is 14.6 Å². The van der Waals surface area contributed by atoms with Crippen molar-refractivity contribution in [2.24, 2.45) is 0 Å². The minimum Gasteiger partial charge on any atom is -0.481 e. The third-order valence-corrected chi connectivity index (χ3v) is 1.90. The molecular weight excluding hydrogens is 226 g/mol. The topological polar surface area (TPSA) is 122 Å². The first-order chi connectivity index (χ1) is 8.02. The summed E-state index contributed by atoms with van der Waals surface area (Å²) in [7, 11) is 0. The average Bonchev–Trinajstić information content (AvgIpc) is 2.27. The molecule has 0 spiro atoms. The van der Waals surface area contributed by atoms with Crippen molar-refractivity contribution in [1.82, 2.24) is 10.3 Å². The molecule has 0 saturated carbocycles. The number of aromatic nitrogens is 1. The number of carbonyl (C=O) groups is 3. The zero-order valence-electron chi connectivity index (χ0n) is 8.79. The Bertz CT molecular complexity index is 447. The Hall–Kier alpha value is -2.44. The predicted octanol–water partition coefficient (Wildman–Crippen LogP) is -0.564. The van der Waals surface area contributed by atoms with Crippen molar-refractivity contribution >= 4 is 23.9 Å². The fourth-order valence-corrected chi connectivity index (χ4v) is 1.15. The molecule has 1 amide bonds. The number of hydrogen-bond acceptors (Lipinski definition) is 5. The lowest BCUT2D eigenvalue weighted by atomic mass is 10.2. The standard InChI is InChI=1S/C10H11N3O4/c11-7-1-6(3-12-4-7)10(17)13-8(5-14)2-9(15)16/h1,3-5,8H,2,11H2,(H,13,17)(H,15,16)/t8-/m0/s1. The van der Waals surface area contributed by atoms with E-state index in [-0.39, 0.29) is 5.56 Å². The van der Waals surface area contributed by atoms with E-state index in [1.807, 2.05) is 0 Å². The molecule has 0 fully saturated rings. The lowest BCUT2D eigenvalue weighted by Gasteiger charge is -2.10. The third kappa shape index (κ3) is 3.90. The number of carboxylic acid groups (broad SMARTS) is 1. The second kappa shape index (κ2) is 5.59. The van der Waals surface area contributed by atoms with Crippen LogP contribution in [0.3, 0.4) is 0 Å². The van der Waals surface area contributed by atoms with Gasteiger partial charge in [-0.1, -0.05) is 0 Å². The lowest BCUT2D eigenvalue weighted by molar-refractivity contribution is -0.138. The summed E-state index contributed by atoms with van der Waals surface area (Å²) in [6.45, 7) is 0. The van der Waals surface area contributed by atoms with E-state index in [1.54, 1.807) is 0 Å². The maximum Gasteiger partial charge on any atom is 0.305 e. The van der Waals surface area contributed by atoms with E-state index in [4.69, 9.17) is 10.8 Å². The number of nitrogens with one attached hydrogen (secondary N) is 1. The van der Waals surface area contributed by atoms with Gasteiger partial charge in [0.2, 0.25) is 0 Å². The summed E-state index contributed by atoms with van der Waals surface area (Å²) in [6, 6.07) is 0.312. The molecule has 0 radical (unpaired) electrons. The molecule has 0 aromatic carbocycles. The van der Waals surface area contributed by atoms with E-state index in [9.17, 15) is 14.4 Å². The number of aldehydes is 1. The van der Waals surface area contributed by atoms with E-state index in [1.165, 1.54) is 18.5 Å². The van der Waals surface area contributed by atoms with E-state index in [0.717, 1.165) is 0 Å². The van der Waals surface area contributed by atoms with Crippen LogP contribution in [0.1, 0.15) is 16.8 Å². The molecule has 7 nitrogen and oxygen atoms in total. The Balaban J connectivity index is 2.70. The predicted molar refractivity (Wildman–Crippen MR) is 58.2 cm³/mol. The largest absolute Gasteiger partial charge is 0.481 e. The first-order valence-corrected chi connectivity index (χ1v) is 4.71. The summed E-state index contributed by atoms with van der Waals surface area (Å²) in [5.41, 5.74) is 5.91. The van der Waals surface area contributed by atoms with Gasteiger partial charge in [0.25, 0.3) is 5.91 Å². The van der Waals surface area contributed by atoms with Crippen molar-refractivity contribution in [3.63, 3.8) is 0 Å². The number of carboxylic acids is 1. The number of nitrogens with two attached hydrogens (primary N) is 1. The smallest absolute Gasteiger partial charge is 0.305 e. The Morgan fingerprint density at radius 3 is 2.76 bits per heavy atom. The average molecular weight is 237 g/mol. The minimum atomic E-state index is -1.17. The number of nitrogens with zero attached hydrogens (tertiary/aromatic N) is 1. The maximum atomic E-state index is 11.6. The summed E-state index contributed by atoms with van der Waals surface area (Å²) in [5.74, 6) is -1.77. The van der Waals surface area contributed by atoms with E-state index in [2.05, 4.69) is 10.3 Å². The molecule has 1 heterocycles. The molecule has 17 heavy (non-hydrogen) atoms. The molecule has 0 aliphatic rings. The van der Waals surface area contributed by atoms with Gasteiger partial charge in [0, 0.05) is 12.4 Å². The molecule has 1 atom stereocenters. The highest BCUT2D eigenvalue weighted by Gasteiger charge is 2.16. The quantitative estimate of drug-likeness (QED) is 0.590. The fraction of sp³-hybridized carbons (Fsp3) is 0.200. The number of anilines is 1. The van der Waals surface area contributed by atoms with E-state index < -0.39 is 24.3 Å². The van der Waals surface area contributed by atoms with Crippen molar-refractivity contribution in [2.75, 3.05) is 5.73 Å². The molecular formula is C10H11N3O4. The number of nitrogen functional groups attached to an aromatic ring is 1. The van der Waals surface area contributed by atoms with Gasteiger partial charge in [0.1, 0.15) is 6.29 Å². The summed E-state index contributed by atoms with van der Waals surface area (Å²) in [6.07, 6.45) is 2.54. The van der Waals surface area contributed by atoms with Crippen LogP contribution in [0.4, 0.5) is 5.69 Å². The summed E-state index contributed by atoms with van der Waals surface area (Å²) in [5, 5.41) is 10.8. The van der Waals surface area contributed by atoms with Crippen molar-refractivity contribution in [2.45, 2.75) is 12.5 Å². The molecule has 0 saturated heterocycles. The first-order valence-electron chi connectivity index (χ1n) is 4.71. The zero-order chi connectivity index (χ0) is 12.8. The van der Waals surface area contributed by atoms with Gasteiger partial charge in [-0.15, -0.1) is 0 Å². The summed E-state index contributed by atoms with van der Waals surface area (Å²) in [4.78, 5) is 36.3. The van der Waals surface area contributed by atoms with Crippen molar-refractivity contribution < 1.29 is 19.5 Å². The Kier molecular flexibility index (Phi) is 4.15. The molecule has 0 aliphatic heterocycles. The third-order valence-electron chi connectivity index (χ3n) is 1.90. The number of pyridine rings is 1. The highest BCUT2D eigenvalue weighted by molar-refractivity contribution is 5.96. The monoisotopic (exact) mass is 237 g/mol. The van der Waals surface area contributed by atoms with Crippen LogP contribution in [-0.4, -0.2) is 34.3 Å². The normalized spacial score (nSPS) is 11.5. The van der Waals surface area contributed by atoms with Crippen LogP contribution >= 0.6 is 0 Å². The van der Waals surface area contributed by atoms with Crippen LogP contribution in [0.25, 0.3) is 0 Å². The van der Waals surface area contributed by atoms with Crippen molar-refractivity contribution in [3.8, 4) is 0 Å². The first kappa shape index (κ1) is 12.6. The summed E-state index contributed by atoms with van der Waals surface area (Å²) < 4.78 is 0. The number of aliphatic carboxylic acids is 1. The summed E-state index contributed by atoms with van der Waals surface area (Å²) >= 11 is 0. The SMILES string of the molecule is Nc1cncc(C(=O)N[C@H](C=O)CC(=O)O)c1. The van der Waals surface area contributed by atoms with E-state index >= 15 is 0 Å². The van der Waals surface area contributed by atoms with Crippen molar-refractivity contribution in [1.29, 1.82) is 0 Å². The van der Waals surface area contributed by atoms with Crippen LogP contribution in [0, 0.1) is 0 Å². The van der Waals surface area contributed by atoms with E-state index in [0.29, 0.717) is 12.0 Å². The highest BCUT2D eigenvalue weighted by atomic mass is 16.4. The molecule has 0 bridgehead atoms. The van der Waals surface area contributed by atoms with Gasteiger partial charge in [0.15, 0.2) is 0 Å². The molecule has 90 valence electrons. The van der Waals surface area contributed by atoms with Gasteiger partial charge in [-0.05, 0) is 6.07 Å². The Morgan fingerprint density at radius 1 is 1.53 bits per heavy atom. The van der Waals surface area contributed by atoms with Crippen molar-refractivity contribution in [3.05, 3.63) is 24.0 Å². The highest BCUT2D eigenvalue weighted by Crippen LogP contribution is 2.04. The van der Waals surface area contributed by atoms with Gasteiger partial charge in [-0.2, -0.15) is 0 Å². The molecule has 4 N–H and O–H groups in total. The fourth-order valence-electron chi connectivity index (χ4n) is 1.15. The van der Waals surface area contributed by atoms with Gasteiger partial charge in [-0.25, -0.2) is 0 Å². The van der Waals surface area contributed by atoms with Crippen LogP contribution in [0.5, 0.6) is 0 Å². The van der Waals surface area contributed by atoms with Crippen LogP contribution < -0.4 is 11.1 Å². The van der Waals surface area contributed by atoms with Crippen LogP contribution in [0.15, 0.2) is 18.5 Å². The molecule has 7 heteroatoms. The molecule has 1 aromatic heterocycles. The Labute approximate surface area is 96.6 Å². The number of rotatable bonds is 5. The second-order valence-corrected chi connectivity index (χ2v) is 3.32. The van der Waals surface area contributed by atoms with Crippen LogP contribution in [-0.2, 0) is 9.59 Å². The number of carbonyl (C=O) groups excluding carboxylic acids is 2. The number of amides is 1. The lowest BCUT2D eigenvalue weighted by Crippen LogP contribution is -2.37. The van der Waals surface area contributed by atoms with Gasteiger partial charge < -0.3 is 21.0 Å². The molecule has 0 aliphatic carbocycles. The van der Waals surface area contributed by atoms with Gasteiger partial charge >= 0.3 is 5.97 Å². The number of hydrogen-bond donors (Lipinski definition) is 3. The maximum absolute atomic E-state index is 11.6. The minimum absolute atomic E-state index is 0.169. The zero-order valence-corrected chi connectivity index (χ0v) is 8.79. The molecule has 1 rings (SSSR count). The second-order valence-electron chi connectivity index (χ2n) is 3.32.